The Morgan fingerprint density at radius 2 is 1.91 bits per heavy atom. The smallest absolute Gasteiger partial charge is 0.244 e. The van der Waals surface area contributed by atoms with Gasteiger partial charge in [-0.15, -0.1) is 5.10 Å². The van der Waals surface area contributed by atoms with Gasteiger partial charge in [-0.05, 0) is 43.7 Å². The molecule has 2 aromatic rings. The standard InChI is InChI=1S/C25H34N6O4/c1-3-16-11-12-17-21(20(16)23(33)26-2)25(35)30(13-7-4-8-14-32)22(17)24(34)27-15-31-19-10-6-5-9-18(19)28-29-31/h5-6,9-12,16-17,20-22,32H,3-4,7-8,13-15H2,1-2H3,(H,26,33)(H,27,34)/t16-,17+,20-,21-,22+/m1/s1. The Labute approximate surface area is 204 Å². The largest absolute Gasteiger partial charge is 0.396 e. The number of unbranched alkanes of at least 4 members (excludes halogenated alkanes) is 2. The van der Waals surface area contributed by atoms with E-state index in [1.54, 1.807) is 16.6 Å². The molecule has 5 atom stereocenters. The van der Waals surface area contributed by atoms with Crippen LogP contribution in [0.4, 0.5) is 0 Å². The summed E-state index contributed by atoms with van der Waals surface area (Å²) >= 11 is 0. The normalized spacial score (nSPS) is 25.6. The SMILES string of the molecule is CC[C@@H]1C=C[C@H]2[C@@H](C(=O)N(CCCCCO)[C@@H]2C(=O)NCn2nnc3ccccc32)[C@@H]1C(=O)NC. The summed E-state index contributed by atoms with van der Waals surface area (Å²) in [5.74, 6) is -2.13. The van der Waals surface area contributed by atoms with E-state index in [0.717, 1.165) is 23.9 Å². The highest BCUT2D eigenvalue weighted by molar-refractivity contribution is 5.96. The fourth-order valence-electron chi connectivity index (χ4n) is 5.51. The number of aromatic nitrogens is 3. The van der Waals surface area contributed by atoms with Crippen molar-refractivity contribution in [1.29, 1.82) is 0 Å². The predicted octanol–water partition coefficient (Wildman–Crippen LogP) is 1.07. The molecule has 2 heterocycles. The second-order valence-electron chi connectivity index (χ2n) is 9.24. The van der Waals surface area contributed by atoms with Gasteiger partial charge in [0.25, 0.3) is 0 Å². The van der Waals surface area contributed by atoms with Crippen molar-refractivity contribution >= 4 is 28.8 Å². The third-order valence-electron chi connectivity index (χ3n) is 7.28. The van der Waals surface area contributed by atoms with Crippen LogP contribution in [-0.2, 0) is 21.1 Å². The van der Waals surface area contributed by atoms with Gasteiger partial charge in [0, 0.05) is 26.1 Å². The van der Waals surface area contributed by atoms with E-state index < -0.39 is 23.8 Å². The quantitative estimate of drug-likeness (QED) is 0.343. The predicted molar refractivity (Wildman–Crippen MR) is 130 cm³/mol. The Balaban J connectivity index is 1.59. The number of fused-ring (bicyclic) bond motifs is 2. The van der Waals surface area contributed by atoms with Crippen molar-refractivity contribution in [2.24, 2.45) is 23.7 Å². The second kappa shape index (κ2) is 11.0. The number of amides is 3. The van der Waals surface area contributed by atoms with Crippen molar-refractivity contribution in [2.75, 3.05) is 20.2 Å². The van der Waals surface area contributed by atoms with E-state index in [1.165, 1.54) is 0 Å². The zero-order chi connectivity index (χ0) is 24.9. The Hall–Kier alpha value is -3.27. The van der Waals surface area contributed by atoms with Crippen LogP contribution in [0.25, 0.3) is 11.0 Å². The van der Waals surface area contributed by atoms with Crippen LogP contribution in [-0.4, -0.2) is 69.0 Å². The summed E-state index contributed by atoms with van der Waals surface area (Å²) in [6.45, 7) is 2.62. The highest BCUT2D eigenvalue weighted by atomic mass is 16.3. The zero-order valence-electron chi connectivity index (χ0n) is 20.3. The molecule has 188 valence electrons. The van der Waals surface area contributed by atoms with E-state index >= 15 is 0 Å². The molecule has 1 aromatic heterocycles. The van der Waals surface area contributed by atoms with Crippen molar-refractivity contribution in [3.63, 3.8) is 0 Å². The number of hydrogen-bond donors (Lipinski definition) is 3. The molecule has 0 radical (unpaired) electrons. The average Bonchev–Trinajstić information content (AvgIpc) is 3.42. The van der Waals surface area contributed by atoms with Gasteiger partial charge in [0.1, 0.15) is 18.2 Å². The molecule has 0 unspecified atom stereocenters. The lowest BCUT2D eigenvalue weighted by Crippen LogP contribution is -2.48. The number of carbonyl (C=O) groups is 3. The maximum atomic E-state index is 13.7. The number of rotatable bonds is 10. The van der Waals surface area contributed by atoms with E-state index in [4.69, 9.17) is 5.11 Å². The summed E-state index contributed by atoms with van der Waals surface area (Å²) in [6.07, 6.45) is 6.76. The van der Waals surface area contributed by atoms with Crippen molar-refractivity contribution in [3.05, 3.63) is 36.4 Å². The van der Waals surface area contributed by atoms with Gasteiger partial charge < -0.3 is 20.6 Å². The van der Waals surface area contributed by atoms with Gasteiger partial charge in [-0.3, -0.25) is 14.4 Å². The fourth-order valence-corrected chi connectivity index (χ4v) is 5.51. The molecule has 3 amide bonds. The minimum absolute atomic E-state index is 0.0558. The number of carbonyl (C=O) groups excluding carboxylic acids is 3. The van der Waals surface area contributed by atoms with Crippen molar-refractivity contribution in [3.8, 4) is 0 Å². The Bertz CT molecular complexity index is 1100. The molecule has 1 fully saturated rings. The zero-order valence-corrected chi connectivity index (χ0v) is 20.3. The summed E-state index contributed by atoms with van der Waals surface area (Å²) in [5.41, 5.74) is 1.54. The summed E-state index contributed by atoms with van der Waals surface area (Å²) in [6, 6.07) is 6.78. The van der Waals surface area contributed by atoms with Gasteiger partial charge in [0.15, 0.2) is 0 Å². The van der Waals surface area contributed by atoms with E-state index in [9.17, 15) is 14.4 Å². The number of benzene rings is 1. The minimum Gasteiger partial charge on any atom is -0.396 e. The molecule has 1 aliphatic heterocycles. The summed E-state index contributed by atoms with van der Waals surface area (Å²) < 4.78 is 1.62. The average molecular weight is 483 g/mol. The Morgan fingerprint density at radius 3 is 2.66 bits per heavy atom. The maximum Gasteiger partial charge on any atom is 0.244 e. The lowest BCUT2D eigenvalue weighted by Gasteiger charge is -2.33. The van der Waals surface area contributed by atoms with Crippen LogP contribution in [0.5, 0.6) is 0 Å². The first kappa shape index (κ1) is 24.8. The summed E-state index contributed by atoms with van der Waals surface area (Å²) in [4.78, 5) is 41.7. The number of allylic oxidation sites excluding steroid dienone is 1. The van der Waals surface area contributed by atoms with Gasteiger partial charge in [-0.25, -0.2) is 4.68 Å². The van der Waals surface area contributed by atoms with Gasteiger partial charge in [0.2, 0.25) is 17.7 Å². The van der Waals surface area contributed by atoms with E-state index in [1.807, 2.05) is 43.3 Å². The lowest BCUT2D eigenvalue weighted by atomic mass is 9.69. The molecule has 10 nitrogen and oxygen atoms in total. The van der Waals surface area contributed by atoms with Crippen molar-refractivity contribution < 1.29 is 19.5 Å². The Kier molecular flexibility index (Phi) is 7.80. The number of nitrogens with one attached hydrogen (secondary N) is 2. The first-order valence-electron chi connectivity index (χ1n) is 12.4. The molecule has 2 aliphatic rings. The Morgan fingerprint density at radius 1 is 1.11 bits per heavy atom. The van der Waals surface area contributed by atoms with Crippen LogP contribution in [0.3, 0.4) is 0 Å². The maximum absolute atomic E-state index is 13.7. The summed E-state index contributed by atoms with van der Waals surface area (Å²) in [7, 11) is 1.58. The molecule has 35 heavy (non-hydrogen) atoms. The minimum atomic E-state index is -0.711. The van der Waals surface area contributed by atoms with Crippen molar-refractivity contribution in [1.82, 2.24) is 30.5 Å². The molecule has 0 spiro atoms. The summed E-state index contributed by atoms with van der Waals surface area (Å²) in [5, 5.41) is 23.0. The number of nitrogens with zero attached hydrogens (tertiary/aromatic N) is 4. The van der Waals surface area contributed by atoms with Crippen LogP contribution in [0.1, 0.15) is 32.6 Å². The third-order valence-corrected chi connectivity index (χ3v) is 7.28. The third kappa shape index (κ3) is 4.80. The lowest BCUT2D eigenvalue weighted by molar-refractivity contribution is -0.140. The number of para-hydroxylation sites is 1. The van der Waals surface area contributed by atoms with Crippen LogP contribution >= 0.6 is 0 Å². The number of hydrogen-bond acceptors (Lipinski definition) is 6. The molecule has 0 saturated carbocycles. The molecular formula is C25H34N6O4. The van der Waals surface area contributed by atoms with Crippen LogP contribution in [0.2, 0.25) is 0 Å². The van der Waals surface area contributed by atoms with E-state index in [2.05, 4.69) is 20.9 Å². The van der Waals surface area contributed by atoms with Gasteiger partial charge >= 0.3 is 0 Å². The number of aliphatic hydroxyl groups is 1. The van der Waals surface area contributed by atoms with Gasteiger partial charge in [-0.2, -0.15) is 0 Å². The number of aliphatic hydroxyl groups excluding tert-OH is 1. The molecule has 1 aromatic carbocycles. The van der Waals surface area contributed by atoms with Crippen molar-refractivity contribution in [2.45, 2.75) is 45.3 Å². The van der Waals surface area contributed by atoms with E-state index in [-0.39, 0.29) is 36.9 Å². The van der Waals surface area contributed by atoms with Gasteiger partial charge in [-0.1, -0.05) is 36.4 Å². The topological polar surface area (TPSA) is 129 Å². The molecule has 1 aliphatic carbocycles. The molecule has 3 N–H and O–H groups in total. The molecule has 4 rings (SSSR count). The van der Waals surface area contributed by atoms with E-state index in [0.29, 0.717) is 19.4 Å². The fraction of sp³-hybridized carbons (Fsp3) is 0.560. The van der Waals surface area contributed by atoms with Crippen LogP contribution in [0, 0.1) is 23.7 Å². The highest BCUT2D eigenvalue weighted by Crippen LogP contribution is 2.45. The first-order valence-corrected chi connectivity index (χ1v) is 12.4. The molecule has 0 bridgehead atoms. The van der Waals surface area contributed by atoms with Gasteiger partial charge in [0.05, 0.1) is 17.4 Å². The highest BCUT2D eigenvalue weighted by Gasteiger charge is 2.56. The molecule has 10 heteroatoms. The molecule has 1 saturated heterocycles. The first-order chi connectivity index (χ1) is 17.0. The molecular weight excluding hydrogens is 448 g/mol. The van der Waals surface area contributed by atoms with Crippen LogP contribution < -0.4 is 10.6 Å². The second-order valence-corrected chi connectivity index (χ2v) is 9.24. The number of likely N-dealkylation sites (tertiary alicyclic amines) is 1. The monoisotopic (exact) mass is 482 g/mol. The van der Waals surface area contributed by atoms with Crippen LogP contribution in [0.15, 0.2) is 36.4 Å².